The van der Waals surface area contributed by atoms with E-state index in [0.717, 1.165) is 5.69 Å². The fourth-order valence-corrected chi connectivity index (χ4v) is 1.64. The number of carbonyl (C=O) groups is 2. The molecule has 19 heavy (non-hydrogen) atoms. The van der Waals surface area contributed by atoms with Gasteiger partial charge < -0.3 is 9.84 Å². The molecule has 0 aliphatic heterocycles. The molecule has 1 aromatic heterocycles. The number of pyridine rings is 1. The number of aryl methyl sites for hydroxylation is 1. The number of esters is 1. The van der Waals surface area contributed by atoms with Crippen LogP contribution >= 0.6 is 0 Å². The van der Waals surface area contributed by atoms with E-state index in [-0.39, 0.29) is 18.9 Å². The molecule has 0 unspecified atom stereocenters. The van der Waals surface area contributed by atoms with Gasteiger partial charge in [0.15, 0.2) is 11.9 Å². The molecule has 0 spiro atoms. The molecule has 0 aromatic carbocycles. The van der Waals surface area contributed by atoms with Gasteiger partial charge in [0.1, 0.15) is 5.60 Å². The molecule has 1 N–H and O–H groups in total. The van der Waals surface area contributed by atoms with Crippen LogP contribution in [0.1, 0.15) is 32.9 Å². The van der Waals surface area contributed by atoms with Gasteiger partial charge in [-0.25, -0.2) is 4.79 Å². The predicted octanol–water partition coefficient (Wildman–Crippen LogP) is 1.33. The number of aliphatic carboxylic acids is 1. The molecule has 1 rings (SSSR count). The van der Waals surface area contributed by atoms with Crippen molar-refractivity contribution in [1.82, 2.24) is 0 Å². The molecule has 0 fully saturated rings. The first-order valence-corrected chi connectivity index (χ1v) is 6.19. The molecule has 0 aliphatic carbocycles. The van der Waals surface area contributed by atoms with Gasteiger partial charge in [-0.15, -0.1) is 0 Å². The molecule has 0 radical (unpaired) electrons. The summed E-state index contributed by atoms with van der Waals surface area (Å²) in [6, 6.07) is 5.44. The monoisotopic (exact) mass is 266 g/mol. The quantitative estimate of drug-likeness (QED) is 0.645. The SMILES string of the molecule is CC(C)(C)OC(=O)C[n+]1ccccc1CCC(=O)O. The third-order valence-corrected chi connectivity index (χ3v) is 2.35. The summed E-state index contributed by atoms with van der Waals surface area (Å²) in [5, 5.41) is 8.70. The van der Waals surface area contributed by atoms with Crippen LogP contribution < -0.4 is 4.57 Å². The van der Waals surface area contributed by atoms with Crippen molar-refractivity contribution in [3.8, 4) is 0 Å². The van der Waals surface area contributed by atoms with Crippen molar-refractivity contribution in [2.75, 3.05) is 0 Å². The smallest absolute Gasteiger partial charge is 0.373 e. The Hall–Kier alpha value is -1.91. The lowest BCUT2D eigenvalue weighted by molar-refractivity contribution is -0.693. The number of nitrogens with zero attached hydrogens (tertiary/aromatic N) is 1. The molecular weight excluding hydrogens is 246 g/mol. The Balaban J connectivity index is 2.72. The highest BCUT2D eigenvalue weighted by molar-refractivity contribution is 5.68. The standard InChI is InChI=1S/C14H19NO4/c1-14(2,3)19-13(18)10-15-9-5-4-6-11(15)7-8-12(16)17/h4-6,9H,7-8,10H2,1-3H3/p+1. The van der Waals surface area contributed by atoms with E-state index < -0.39 is 11.6 Å². The minimum absolute atomic E-state index is 0.0400. The summed E-state index contributed by atoms with van der Waals surface area (Å²) in [5.74, 6) is -1.19. The maximum absolute atomic E-state index is 11.8. The molecule has 0 aliphatic rings. The summed E-state index contributed by atoms with van der Waals surface area (Å²) in [5.41, 5.74) is 0.281. The first-order chi connectivity index (χ1) is 8.78. The van der Waals surface area contributed by atoms with E-state index in [0.29, 0.717) is 6.42 Å². The van der Waals surface area contributed by atoms with E-state index in [1.807, 2.05) is 32.9 Å². The molecule has 0 amide bonds. The van der Waals surface area contributed by atoms with E-state index in [4.69, 9.17) is 9.84 Å². The number of rotatable bonds is 5. The van der Waals surface area contributed by atoms with Gasteiger partial charge in [0, 0.05) is 18.6 Å². The van der Waals surface area contributed by atoms with Crippen molar-refractivity contribution in [3.63, 3.8) is 0 Å². The second-order valence-corrected chi connectivity index (χ2v) is 5.30. The number of carboxylic acid groups (broad SMARTS) is 1. The van der Waals surface area contributed by atoms with Gasteiger partial charge in [0.2, 0.25) is 6.54 Å². The fourth-order valence-electron chi connectivity index (χ4n) is 1.64. The van der Waals surface area contributed by atoms with Crippen LogP contribution in [0.3, 0.4) is 0 Å². The minimum atomic E-state index is -0.854. The average molecular weight is 266 g/mol. The molecule has 0 atom stereocenters. The van der Waals surface area contributed by atoms with Crippen molar-refractivity contribution in [3.05, 3.63) is 30.1 Å². The topological polar surface area (TPSA) is 67.5 Å². The Kier molecular flexibility index (Phi) is 5.03. The highest BCUT2D eigenvalue weighted by Gasteiger charge is 2.21. The normalized spacial score (nSPS) is 11.1. The van der Waals surface area contributed by atoms with E-state index in [1.54, 1.807) is 16.8 Å². The fraction of sp³-hybridized carbons (Fsp3) is 0.500. The summed E-state index contributed by atoms with van der Waals surface area (Å²) in [4.78, 5) is 22.4. The number of hydrogen-bond donors (Lipinski definition) is 1. The summed E-state index contributed by atoms with van der Waals surface area (Å²) < 4.78 is 6.97. The highest BCUT2D eigenvalue weighted by atomic mass is 16.6. The maximum Gasteiger partial charge on any atom is 0.373 e. The Bertz CT molecular complexity index is 463. The molecule has 1 heterocycles. The highest BCUT2D eigenvalue weighted by Crippen LogP contribution is 2.07. The average Bonchev–Trinajstić information content (AvgIpc) is 2.25. The first-order valence-electron chi connectivity index (χ1n) is 6.19. The number of carbonyl (C=O) groups excluding carboxylic acids is 1. The van der Waals surface area contributed by atoms with Crippen LogP contribution in [-0.2, 0) is 27.3 Å². The van der Waals surface area contributed by atoms with E-state index in [2.05, 4.69) is 0 Å². The van der Waals surface area contributed by atoms with Crippen LogP contribution in [-0.4, -0.2) is 22.6 Å². The van der Waals surface area contributed by atoms with Crippen molar-refractivity contribution in [2.45, 2.75) is 45.8 Å². The zero-order valence-electron chi connectivity index (χ0n) is 11.5. The molecule has 1 aromatic rings. The Labute approximate surface area is 112 Å². The van der Waals surface area contributed by atoms with Crippen LogP contribution in [0.4, 0.5) is 0 Å². The first kappa shape index (κ1) is 15.1. The van der Waals surface area contributed by atoms with Crippen molar-refractivity contribution in [1.29, 1.82) is 0 Å². The van der Waals surface area contributed by atoms with E-state index in [1.165, 1.54) is 0 Å². The summed E-state index contributed by atoms with van der Waals surface area (Å²) in [7, 11) is 0. The second-order valence-electron chi connectivity index (χ2n) is 5.30. The van der Waals surface area contributed by atoms with Gasteiger partial charge in [-0.3, -0.25) is 4.79 Å². The van der Waals surface area contributed by atoms with Crippen molar-refractivity contribution >= 4 is 11.9 Å². The summed E-state index contributed by atoms with van der Waals surface area (Å²) in [6.45, 7) is 5.52. The van der Waals surface area contributed by atoms with E-state index in [9.17, 15) is 9.59 Å². The Morgan fingerprint density at radius 3 is 2.58 bits per heavy atom. The maximum atomic E-state index is 11.8. The molecule has 0 saturated heterocycles. The zero-order valence-corrected chi connectivity index (χ0v) is 11.5. The largest absolute Gasteiger partial charge is 0.481 e. The van der Waals surface area contributed by atoms with Crippen LogP contribution in [0.25, 0.3) is 0 Å². The van der Waals surface area contributed by atoms with Crippen molar-refractivity contribution in [2.24, 2.45) is 0 Å². The van der Waals surface area contributed by atoms with Crippen LogP contribution in [0.5, 0.6) is 0 Å². The predicted molar refractivity (Wildman–Crippen MR) is 68.4 cm³/mol. The summed E-state index contributed by atoms with van der Waals surface area (Å²) in [6.07, 6.45) is 2.18. The number of carboxylic acids is 1. The van der Waals surface area contributed by atoms with Crippen LogP contribution in [0.15, 0.2) is 24.4 Å². The van der Waals surface area contributed by atoms with Crippen LogP contribution in [0, 0.1) is 0 Å². The Morgan fingerprint density at radius 1 is 1.32 bits per heavy atom. The lowest BCUT2D eigenvalue weighted by atomic mass is 10.2. The van der Waals surface area contributed by atoms with Gasteiger partial charge in [-0.2, -0.15) is 4.57 Å². The van der Waals surface area contributed by atoms with Crippen LogP contribution in [0.2, 0.25) is 0 Å². The third kappa shape index (κ3) is 5.99. The molecule has 5 heteroatoms. The van der Waals surface area contributed by atoms with Gasteiger partial charge in [-0.1, -0.05) is 6.07 Å². The number of ether oxygens (including phenoxy) is 1. The minimum Gasteiger partial charge on any atom is -0.481 e. The zero-order chi connectivity index (χ0) is 14.5. The van der Waals surface area contributed by atoms with Gasteiger partial charge in [-0.05, 0) is 20.8 Å². The number of aromatic nitrogens is 1. The third-order valence-electron chi connectivity index (χ3n) is 2.35. The van der Waals surface area contributed by atoms with Crippen molar-refractivity contribution < 1.29 is 24.0 Å². The lowest BCUT2D eigenvalue weighted by Crippen LogP contribution is -2.43. The molecule has 0 bridgehead atoms. The van der Waals surface area contributed by atoms with Gasteiger partial charge >= 0.3 is 11.9 Å². The van der Waals surface area contributed by atoms with Gasteiger partial charge in [0.25, 0.3) is 0 Å². The molecular formula is C14H20NO4+. The molecule has 5 nitrogen and oxygen atoms in total. The van der Waals surface area contributed by atoms with Gasteiger partial charge in [0.05, 0.1) is 6.42 Å². The van der Waals surface area contributed by atoms with E-state index >= 15 is 0 Å². The Morgan fingerprint density at radius 2 is 2.00 bits per heavy atom. The lowest BCUT2D eigenvalue weighted by Gasteiger charge is -2.18. The number of hydrogen-bond acceptors (Lipinski definition) is 3. The summed E-state index contributed by atoms with van der Waals surface area (Å²) >= 11 is 0. The molecule has 0 saturated carbocycles. The molecule has 104 valence electrons. The second kappa shape index (κ2) is 6.31.